The van der Waals surface area contributed by atoms with Crippen LogP contribution in [-0.4, -0.2) is 4.98 Å². The summed E-state index contributed by atoms with van der Waals surface area (Å²) in [6.45, 7) is 2.73. The zero-order chi connectivity index (χ0) is 12.3. The quantitative estimate of drug-likeness (QED) is 0.869. The first-order valence-corrected chi connectivity index (χ1v) is 6.05. The predicted octanol–water partition coefficient (Wildman–Crippen LogP) is 3.90. The van der Waals surface area contributed by atoms with Gasteiger partial charge in [-0.15, -0.1) is 0 Å². The Hall–Kier alpha value is -1.42. The molecule has 0 aliphatic heterocycles. The van der Waals surface area contributed by atoms with E-state index in [1.54, 1.807) is 6.07 Å². The van der Waals surface area contributed by atoms with E-state index in [4.69, 9.17) is 0 Å². The van der Waals surface area contributed by atoms with E-state index >= 15 is 0 Å². The minimum atomic E-state index is -0.464. The molecule has 1 N–H and O–H groups in total. The average molecular weight is 295 g/mol. The summed E-state index contributed by atoms with van der Waals surface area (Å²) < 4.78 is 13.7. The number of aromatic nitrogens is 1. The highest BCUT2D eigenvalue weighted by molar-refractivity contribution is 9.10. The van der Waals surface area contributed by atoms with Crippen LogP contribution in [0.4, 0.5) is 10.1 Å². The molecule has 0 atom stereocenters. The minimum absolute atomic E-state index is 0.464. The van der Waals surface area contributed by atoms with Gasteiger partial charge in [0.25, 0.3) is 0 Å². The standard InChI is InChI=1S/C13H12BrFN2/c1-9-2-3-10(6-12(9)14)7-16-11-4-5-13(15)17-8-11/h2-6,8,16H,7H2,1H3. The first-order valence-electron chi connectivity index (χ1n) is 5.25. The van der Waals surface area contributed by atoms with Crippen molar-refractivity contribution in [2.75, 3.05) is 5.32 Å². The molecule has 17 heavy (non-hydrogen) atoms. The van der Waals surface area contributed by atoms with E-state index < -0.39 is 5.95 Å². The van der Waals surface area contributed by atoms with Gasteiger partial charge < -0.3 is 5.32 Å². The Kier molecular flexibility index (Phi) is 3.74. The predicted molar refractivity (Wildman–Crippen MR) is 70.4 cm³/mol. The molecule has 2 nitrogen and oxygen atoms in total. The van der Waals surface area contributed by atoms with Crippen LogP contribution in [0, 0.1) is 12.9 Å². The number of nitrogens with one attached hydrogen (secondary N) is 1. The highest BCUT2D eigenvalue weighted by atomic mass is 79.9. The molecule has 0 amide bonds. The van der Waals surface area contributed by atoms with Gasteiger partial charge in [-0.2, -0.15) is 4.39 Å². The Balaban J connectivity index is 2.02. The van der Waals surface area contributed by atoms with Crippen LogP contribution < -0.4 is 5.32 Å². The lowest BCUT2D eigenvalue weighted by molar-refractivity contribution is 0.584. The first kappa shape index (κ1) is 12.0. The second-order valence-corrected chi connectivity index (χ2v) is 4.66. The van der Waals surface area contributed by atoms with Crippen molar-refractivity contribution in [1.82, 2.24) is 4.98 Å². The second-order valence-electron chi connectivity index (χ2n) is 3.81. The third kappa shape index (κ3) is 3.27. The molecule has 0 saturated carbocycles. The molecule has 2 aromatic rings. The van der Waals surface area contributed by atoms with E-state index in [0.717, 1.165) is 15.7 Å². The number of aryl methyl sites for hydroxylation is 1. The summed E-state index contributed by atoms with van der Waals surface area (Å²) in [6.07, 6.45) is 1.48. The topological polar surface area (TPSA) is 24.9 Å². The van der Waals surface area contributed by atoms with Gasteiger partial charge in [-0.05, 0) is 36.2 Å². The lowest BCUT2D eigenvalue weighted by atomic mass is 10.1. The summed E-state index contributed by atoms with van der Waals surface area (Å²) in [5.41, 5.74) is 3.17. The number of pyridine rings is 1. The maximum absolute atomic E-state index is 12.6. The molecule has 1 aromatic carbocycles. The van der Waals surface area contributed by atoms with E-state index in [0.29, 0.717) is 6.54 Å². The van der Waals surface area contributed by atoms with Crippen molar-refractivity contribution < 1.29 is 4.39 Å². The molecule has 0 unspecified atom stereocenters. The lowest BCUT2D eigenvalue weighted by Crippen LogP contribution is -2.00. The number of halogens is 2. The third-order valence-electron chi connectivity index (χ3n) is 2.46. The fourth-order valence-electron chi connectivity index (χ4n) is 1.43. The van der Waals surface area contributed by atoms with Gasteiger partial charge >= 0.3 is 0 Å². The molecule has 0 aliphatic rings. The molecule has 0 bridgehead atoms. The van der Waals surface area contributed by atoms with Crippen molar-refractivity contribution in [3.63, 3.8) is 0 Å². The monoisotopic (exact) mass is 294 g/mol. The zero-order valence-electron chi connectivity index (χ0n) is 9.37. The Labute approximate surface area is 108 Å². The molecule has 0 fully saturated rings. The smallest absolute Gasteiger partial charge is 0.212 e. The van der Waals surface area contributed by atoms with Gasteiger partial charge in [0.2, 0.25) is 5.95 Å². The van der Waals surface area contributed by atoms with E-state index in [1.165, 1.54) is 17.8 Å². The molecule has 2 rings (SSSR count). The van der Waals surface area contributed by atoms with Crippen molar-refractivity contribution in [3.05, 3.63) is 58.1 Å². The Morgan fingerprint density at radius 2 is 2.12 bits per heavy atom. The lowest BCUT2D eigenvalue weighted by Gasteiger charge is -2.07. The number of benzene rings is 1. The molecule has 0 aliphatic carbocycles. The molecule has 1 heterocycles. The van der Waals surface area contributed by atoms with Crippen LogP contribution in [-0.2, 0) is 6.54 Å². The van der Waals surface area contributed by atoms with Crippen LogP contribution in [0.25, 0.3) is 0 Å². The van der Waals surface area contributed by atoms with Gasteiger partial charge in [0.05, 0.1) is 11.9 Å². The van der Waals surface area contributed by atoms with Crippen LogP contribution >= 0.6 is 15.9 Å². The normalized spacial score (nSPS) is 10.3. The fourth-order valence-corrected chi connectivity index (χ4v) is 1.86. The Morgan fingerprint density at radius 3 is 2.76 bits per heavy atom. The van der Waals surface area contributed by atoms with Crippen LogP contribution in [0.5, 0.6) is 0 Å². The van der Waals surface area contributed by atoms with Crippen LogP contribution in [0.3, 0.4) is 0 Å². The van der Waals surface area contributed by atoms with Crippen LogP contribution in [0.2, 0.25) is 0 Å². The molecular formula is C13H12BrFN2. The molecule has 0 spiro atoms. The SMILES string of the molecule is Cc1ccc(CNc2ccc(F)nc2)cc1Br. The second kappa shape index (κ2) is 5.27. The van der Waals surface area contributed by atoms with Gasteiger partial charge in [0, 0.05) is 11.0 Å². The summed E-state index contributed by atoms with van der Waals surface area (Å²) in [5, 5.41) is 3.18. The number of hydrogen-bond donors (Lipinski definition) is 1. The van der Waals surface area contributed by atoms with Gasteiger partial charge in [-0.3, -0.25) is 0 Å². The first-order chi connectivity index (χ1) is 8.15. The van der Waals surface area contributed by atoms with E-state index in [9.17, 15) is 4.39 Å². The zero-order valence-corrected chi connectivity index (χ0v) is 11.0. The van der Waals surface area contributed by atoms with E-state index in [1.807, 2.05) is 6.92 Å². The maximum atomic E-state index is 12.6. The number of rotatable bonds is 3. The van der Waals surface area contributed by atoms with E-state index in [-0.39, 0.29) is 0 Å². The Morgan fingerprint density at radius 1 is 1.29 bits per heavy atom. The molecule has 4 heteroatoms. The van der Waals surface area contributed by atoms with Crippen LogP contribution in [0.15, 0.2) is 41.0 Å². The van der Waals surface area contributed by atoms with Gasteiger partial charge in [0.15, 0.2) is 0 Å². The average Bonchev–Trinajstić information content (AvgIpc) is 2.33. The highest BCUT2D eigenvalue weighted by Crippen LogP contribution is 2.18. The minimum Gasteiger partial charge on any atom is -0.380 e. The van der Waals surface area contributed by atoms with Crippen LogP contribution in [0.1, 0.15) is 11.1 Å². The van der Waals surface area contributed by atoms with Crippen molar-refractivity contribution in [3.8, 4) is 0 Å². The van der Waals surface area contributed by atoms with Gasteiger partial charge in [-0.25, -0.2) is 4.98 Å². The summed E-state index contributed by atoms with van der Waals surface area (Å²) in [6, 6.07) is 9.20. The molecule has 1 aromatic heterocycles. The number of hydrogen-bond acceptors (Lipinski definition) is 2. The third-order valence-corrected chi connectivity index (χ3v) is 3.31. The number of nitrogens with zero attached hydrogens (tertiary/aromatic N) is 1. The summed E-state index contributed by atoms with van der Waals surface area (Å²) in [5.74, 6) is -0.464. The molecular weight excluding hydrogens is 283 g/mol. The summed E-state index contributed by atoms with van der Waals surface area (Å²) in [4.78, 5) is 3.58. The molecule has 88 valence electrons. The van der Waals surface area contributed by atoms with Gasteiger partial charge in [-0.1, -0.05) is 28.1 Å². The number of anilines is 1. The highest BCUT2D eigenvalue weighted by Gasteiger charge is 1.98. The van der Waals surface area contributed by atoms with Crippen molar-refractivity contribution in [2.24, 2.45) is 0 Å². The van der Waals surface area contributed by atoms with Crippen molar-refractivity contribution in [1.29, 1.82) is 0 Å². The largest absolute Gasteiger partial charge is 0.380 e. The maximum Gasteiger partial charge on any atom is 0.212 e. The van der Waals surface area contributed by atoms with Crippen molar-refractivity contribution in [2.45, 2.75) is 13.5 Å². The molecule has 0 radical (unpaired) electrons. The Bertz CT molecular complexity index is 511. The fraction of sp³-hybridized carbons (Fsp3) is 0.154. The van der Waals surface area contributed by atoms with Crippen molar-refractivity contribution >= 4 is 21.6 Å². The van der Waals surface area contributed by atoms with Gasteiger partial charge in [0.1, 0.15) is 0 Å². The summed E-state index contributed by atoms with van der Waals surface area (Å²) in [7, 11) is 0. The van der Waals surface area contributed by atoms with E-state index in [2.05, 4.69) is 44.4 Å². The molecule has 0 saturated heterocycles. The summed E-state index contributed by atoms with van der Waals surface area (Å²) >= 11 is 3.49.